The Morgan fingerprint density at radius 2 is 2.14 bits per heavy atom. The molecule has 0 heterocycles. The first-order chi connectivity index (χ1) is 6.77. The van der Waals surface area contributed by atoms with Gasteiger partial charge in [-0.1, -0.05) is 12.8 Å². The molecule has 0 radical (unpaired) electrons. The van der Waals surface area contributed by atoms with Crippen LogP contribution in [0.15, 0.2) is 0 Å². The van der Waals surface area contributed by atoms with Crippen molar-refractivity contribution in [2.24, 2.45) is 0 Å². The summed E-state index contributed by atoms with van der Waals surface area (Å²) in [6.45, 7) is 3.10. The smallest absolute Gasteiger partial charge is 0.0667 e. The zero-order valence-corrected chi connectivity index (χ0v) is 10.4. The van der Waals surface area contributed by atoms with E-state index >= 15 is 0 Å². The summed E-state index contributed by atoms with van der Waals surface area (Å²) in [7, 11) is 1.78. The Labute approximate surface area is 92.2 Å². The Morgan fingerprint density at radius 1 is 1.43 bits per heavy atom. The highest BCUT2D eigenvalue weighted by Crippen LogP contribution is 2.26. The summed E-state index contributed by atoms with van der Waals surface area (Å²) in [4.78, 5) is 0. The van der Waals surface area contributed by atoms with E-state index in [1.807, 2.05) is 11.8 Å². The molecular formula is C11H23NOS. The molecule has 1 rings (SSSR count). The molecule has 0 aromatic rings. The quantitative estimate of drug-likeness (QED) is 0.763. The molecule has 0 saturated heterocycles. The average Bonchev–Trinajstić information content (AvgIpc) is 2.26. The van der Waals surface area contributed by atoms with E-state index < -0.39 is 0 Å². The molecule has 0 amide bonds. The van der Waals surface area contributed by atoms with Gasteiger partial charge in [-0.15, -0.1) is 0 Å². The highest BCUT2D eigenvalue weighted by molar-refractivity contribution is 7.99. The summed E-state index contributed by atoms with van der Waals surface area (Å²) in [5, 5.41) is 4.44. The van der Waals surface area contributed by atoms with Crippen molar-refractivity contribution in [3.8, 4) is 0 Å². The molecule has 2 nitrogen and oxygen atoms in total. The van der Waals surface area contributed by atoms with Gasteiger partial charge in [-0.2, -0.15) is 11.8 Å². The topological polar surface area (TPSA) is 21.3 Å². The van der Waals surface area contributed by atoms with Gasteiger partial charge >= 0.3 is 0 Å². The number of methoxy groups -OCH3 is 1. The maximum absolute atomic E-state index is 5.24. The number of thioether (sulfide) groups is 1. The van der Waals surface area contributed by atoms with E-state index in [1.54, 1.807) is 7.11 Å². The molecule has 3 unspecified atom stereocenters. The highest BCUT2D eigenvalue weighted by atomic mass is 32.2. The number of nitrogens with one attached hydrogen (secondary N) is 1. The molecule has 0 bridgehead atoms. The SMILES string of the molecule is COC(C)CNC1CCCCC1SC. The molecular weight excluding hydrogens is 194 g/mol. The maximum atomic E-state index is 5.24. The van der Waals surface area contributed by atoms with Crippen LogP contribution in [0.1, 0.15) is 32.6 Å². The van der Waals surface area contributed by atoms with Gasteiger partial charge in [-0.3, -0.25) is 0 Å². The molecule has 1 saturated carbocycles. The maximum Gasteiger partial charge on any atom is 0.0667 e. The van der Waals surface area contributed by atoms with Gasteiger partial charge < -0.3 is 10.1 Å². The van der Waals surface area contributed by atoms with Gasteiger partial charge in [-0.25, -0.2) is 0 Å². The monoisotopic (exact) mass is 217 g/mol. The van der Waals surface area contributed by atoms with E-state index in [0.29, 0.717) is 12.1 Å². The molecule has 14 heavy (non-hydrogen) atoms. The molecule has 0 aromatic carbocycles. The van der Waals surface area contributed by atoms with Crippen LogP contribution >= 0.6 is 11.8 Å². The van der Waals surface area contributed by atoms with E-state index in [2.05, 4.69) is 18.5 Å². The standard InChI is InChI=1S/C11H23NOS/c1-9(13-2)8-12-10-6-4-5-7-11(10)14-3/h9-12H,4-8H2,1-3H3. The third-order valence-electron chi connectivity index (χ3n) is 3.08. The van der Waals surface area contributed by atoms with Crippen molar-refractivity contribution in [2.75, 3.05) is 19.9 Å². The van der Waals surface area contributed by atoms with Crippen LogP contribution in [-0.4, -0.2) is 37.3 Å². The van der Waals surface area contributed by atoms with E-state index in [9.17, 15) is 0 Å². The fourth-order valence-corrected chi connectivity index (χ4v) is 2.98. The van der Waals surface area contributed by atoms with Crippen LogP contribution in [0.5, 0.6) is 0 Å². The molecule has 0 aromatic heterocycles. The van der Waals surface area contributed by atoms with Crippen molar-refractivity contribution >= 4 is 11.8 Å². The average molecular weight is 217 g/mol. The lowest BCUT2D eigenvalue weighted by atomic mass is 9.95. The second-order valence-electron chi connectivity index (χ2n) is 4.12. The van der Waals surface area contributed by atoms with Crippen LogP contribution in [0, 0.1) is 0 Å². The molecule has 1 aliphatic carbocycles. The van der Waals surface area contributed by atoms with Crippen LogP contribution in [-0.2, 0) is 4.74 Å². The van der Waals surface area contributed by atoms with Crippen LogP contribution in [0.4, 0.5) is 0 Å². The van der Waals surface area contributed by atoms with Gasteiger partial charge in [0.2, 0.25) is 0 Å². The van der Waals surface area contributed by atoms with Gasteiger partial charge in [0.05, 0.1) is 6.10 Å². The normalized spacial score (nSPS) is 30.2. The molecule has 0 spiro atoms. The minimum Gasteiger partial charge on any atom is -0.380 e. The van der Waals surface area contributed by atoms with Crippen LogP contribution < -0.4 is 5.32 Å². The van der Waals surface area contributed by atoms with Crippen molar-refractivity contribution in [3.63, 3.8) is 0 Å². The zero-order valence-electron chi connectivity index (χ0n) is 9.58. The Balaban J connectivity index is 2.26. The van der Waals surface area contributed by atoms with Gasteiger partial charge in [0.25, 0.3) is 0 Å². The minimum atomic E-state index is 0.333. The highest BCUT2D eigenvalue weighted by Gasteiger charge is 2.23. The molecule has 1 fully saturated rings. The third-order valence-corrected chi connectivity index (χ3v) is 4.24. The molecule has 1 aliphatic rings. The summed E-state index contributed by atoms with van der Waals surface area (Å²) in [5.74, 6) is 0. The van der Waals surface area contributed by atoms with E-state index in [-0.39, 0.29) is 0 Å². The Morgan fingerprint density at radius 3 is 2.79 bits per heavy atom. The van der Waals surface area contributed by atoms with Crippen molar-refractivity contribution in [2.45, 2.75) is 50.0 Å². The first-order valence-corrected chi connectivity index (χ1v) is 6.85. The zero-order chi connectivity index (χ0) is 10.4. The number of ether oxygens (including phenoxy) is 1. The predicted molar refractivity (Wildman–Crippen MR) is 64.0 cm³/mol. The van der Waals surface area contributed by atoms with Gasteiger partial charge in [0.1, 0.15) is 0 Å². The summed E-state index contributed by atoms with van der Waals surface area (Å²) in [6.07, 6.45) is 8.06. The Bertz CT molecular complexity index is 154. The van der Waals surface area contributed by atoms with Crippen LogP contribution in [0.3, 0.4) is 0 Å². The minimum absolute atomic E-state index is 0.333. The van der Waals surface area contributed by atoms with Gasteiger partial charge in [0.15, 0.2) is 0 Å². The third kappa shape index (κ3) is 3.79. The number of hydrogen-bond donors (Lipinski definition) is 1. The largest absolute Gasteiger partial charge is 0.380 e. The summed E-state index contributed by atoms with van der Waals surface area (Å²) in [6, 6.07) is 0.705. The van der Waals surface area contributed by atoms with E-state index in [4.69, 9.17) is 4.74 Å². The van der Waals surface area contributed by atoms with Crippen molar-refractivity contribution in [1.29, 1.82) is 0 Å². The van der Waals surface area contributed by atoms with Gasteiger partial charge in [0, 0.05) is 24.9 Å². The second kappa shape index (κ2) is 6.70. The summed E-state index contributed by atoms with van der Waals surface area (Å²) in [5.41, 5.74) is 0. The Kier molecular flexibility index (Phi) is 5.90. The van der Waals surface area contributed by atoms with E-state index in [1.165, 1.54) is 25.7 Å². The van der Waals surface area contributed by atoms with Crippen LogP contribution in [0.2, 0.25) is 0 Å². The summed E-state index contributed by atoms with van der Waals surface area (Å²) >= 11 is 2.01. The van der Waals surface area contributed by atoms with E-state index in [0.717, 1.165) is 11.8 Å². The first kappa shape index (κ1) is 12.3. The van der Waals surface area contributed by atoms with Crippen LogP contribution in [0.25, 0.3) is 0 Å². The fraction of sp³-hybridized carbons (Fsp3) is 1.00. The van der Waals surface area contributed by atoms with Crippen molar-refractivity contribution in [1.82, 2.24) is 5.32 Å². The molecule has 0 aliphatic heterocycles. The summed E-state index contributed by atoms with van der Waals surface area (Å²) < 4.78 is 5.24. The lowest BCUT2D eigenvalue weighted by Crippen LogP contribution is -2.43. The van der Waals surface area contributed by atoms with Crippen molar-refractivity contribution < 1.29 is 4.74 Å². The second-order valence-corrected chi connectivity index (χ2v) is 5.20. The van der Waals surface area contributed by atoms with Crippen molar-refractivity contribution in [3.05, 3.63) is 0 Å². The van der Waals surface area contributed by atoms with Gasteiger partial charge in [-0.05, 0) is 26.0 Å². The first-order valence-electron chi connectivity index (χ1n) is 5.57. The number of hydrogen-bond acceptors (Lipinski definition) is 3. The molecule has 3 heteroatoms. The molecule has 1 N–H and O–H groups in total. The molecule has 84 valence electrons. The fourth-order valence-electron chi connectivity index (χ4n) is 2.01. The lowest BCUT2D eigenvalue weighted by Gasteiger charge is -2.31. The molecule has 3 atom stereocenters. The Hall–Kier alpha value is 0.270. The lowest BCUT2D eigenvalue weighted by molar-refractivity contribution is 0.112. The predicted octanol–water partition coefficient (Wildman–Crippen LogP) is 2.29. The number of rotatable bonds is 5.